The molecule has 0 radical (unpaired) electrons. The number of benzene rings is 1. The number of hydrogen-bond donors (Lipinski definition) is 2. The first-order valence-electron chi connectivity index (χ1n) is 6.24. The lowest BCUT2D eigenvalue weighted by Gasteiger charge is -2.14. The van der Waals surface area contributed by atoms with Crippen LogP contribution in [0.5, 0.6) is 0 Å². The van der Waals surface area contributed by atoms with E-state index < -0.39 is 5.82 Å². The quantitative estimate of drug-likeness (QED) is 0.892. The zero-order chi connectivity index (χ0) is 13.8. The molecule has 0 spiro atoms. The van der Waals surface area contributed by atoms with Gasteiger partial charge in [0.25, 0.3) is 0 Å². The highest BCUT2D eigenvalue weighted by atomic mass is 35.5. The smallest absolute Gasteiger partial charge is 0.239 e. The first-order valence-corrected chi connectivity index (χ1v) is 6.99. The summed E-state index contributed by atoms with van der Waals surface area (Å²) in [5.41, 5.74) is 0.381. The predicted molar refractivity (Wildman–Crippen MR) is 75.3 cm³/mol. The Labute approximate surface area is 121 Å². The van der Waals surface area contributed by atoms with Gasteiger partial charge in [0, 0.05) is 6.04 Å². The van der Waals surface area contributed by atoms with E-state index in [1.54, 1.807) is 0 Å². The highest BCUT2D eigenvalue weighted by molar-refractivity contribution is 6.39. The number of halogens is 3. The van der Waals surface area contributed by atoms with Gasteiger partial charge in [0.15, 0.2) is 0 Å². The van der Waals surface area contributed by atoms with Crippen molar-refractivity contribution in [2.75, 3.05) is 11.9 Å². The molecule has 19 heavy (non-hydrogen) atoms. The summed E-state index contributed by atoms with van der Waals surface area (Å²) in [4.78, 5) is 11.7. The van der Waals surface area contributed by atoms with Gasteiger partial charge in [-0.15, -0.1) is 0 Å². The fraction of sp³-hybridized carbons (Fsp3) is 0.462. The minimum Gasteiger partial charge on any atom is -0.374 e. The number of nitrogens with one attached hydrogen (secondary N) is 2. The highest BCUT2D eigenvalue weighted by Crippen LogP contribution is 2.31. The molecule has 0 saturated heterocycles. The summed E-state index contributed by atoms with van der Waals surface area (Å²) in [6, 6.07) is 2.59. The van der Waals surface area contributed by atoms with E-state index in [1.165, 1.54) is 0 Å². The number of amides is 1. The SMILES string of the molecule is O=C(CNc1c(Cl)cc(F)cc1Cl)NC1CCCC1. The van der Waals surface area contributed by atoms with Gasteiger partial charge in [0.1, 0.15) is 5.82 Å². The molecule has 0 heterocycles. The average Bonchev–Trinajstić information content (AvgIpc) is 2.80. The van der Waals surface area contributed by atoms with E-state index in [9.17, 15) is 9.18 Å². The van der Waals surface area contributed by atoms with Crippen LogP contribution in [0.3, 0.4) is 0 Å². The van der Waals surface area contributed by atoms with Gasteiger partial charge < -0.3 is 10.6 Å². The molecule has 0 bridgehead atoms. The van der Waals surface area contributed by atoms with Crippen molar-refractivity contribution in [2.24, 2.45) is 0 Å². The lowest BCUT2D eigenvalue weighted by atomic mass is 10.2. The van der Waals surface area contributed by atoms with Crippen molar-refractivity contribution in [3.63, 3.8) is 0 Å². The van der Waals surface area contributed by atoms with E-state index in [0.29, 0.717) is 5.69 Å². The Morgan fingerprint density at radius 3 is 2.42 bits per heavy atom. The monoisotopic (exact) mass is 304 g/mol. The highest BCUT2D eigenvalue weighted by Gasteiger charge is 2.17. The predicted octanol–water partition coefficient (Wildman–Crippen LogP) is 3.60. The third kappa shape index (κ3) is 3.98. The van der Waals surface area contributed by atoms with Crippen LogP contribution in [0.4, 0.5) is 10.1 Å². The minimum absolute atomic E-state index is 0.0710. The van der Waals surface area contributed by atoms with E-state index in [0.717, 1.165) is 37.8 Å². The molecule has 0 aromatic heterocycles. The molecular weight excluding hydrogens is 290 g/mol. The molecule has 1 aromatic rings. The Hall–Kier alpha value is -1.00. The number of hydrogen-bond acceptors (Lipinski definition) is 2. The van der Waals surface area contributed by atoms with E-state index in [1.807, 2.05) is 0 Å². The molecule has 1 aliphatic rings. The topological polar surface area (TPSA) is 41.1 Å². The summed E-state index contributed by atoms with van der Waals surface area (Å²) in [5, 5.41) is 6.11. The number of rotatable bonds is 4. The third-order valence-electron chi connectivity index (χ3n) is 3.15. The van der Waals surface area contributed by atoms with Crippen LogP contribution in [0.15, 0.2) is 12.1 Å². The van der Waals surface area contributed by atoms with Gasteiger partial charge in [0.05, 0.1) is 22.3 Å². The minimum atomic E-state index is -0.504. The molecule has 1 aromatic carbocycles. The van der Waals surface area contributed by atoms with Gasteiger partial charge in [-0.25, -0.2) is 4.39 Å². The van der Waals surface area contributed by atoms with Crippen LogP contribution in [-0.2, 0) is 4.79 Å². The maximum atomic E-state index is 13.0. The Morgan fingerprint density at radius 1 is 1.26 bits per heavy atom. The first kappa shape index (κ1) is 14.4. The van der Waals surface area contributed by atoms with E-state index >= 15 is 0 Å². The molecule has 0 unspecified atom stereocenters. The molecule has 1 aliphatic carbocycles. The number of anilines is 1. The largest absolute Gasteiger partial charge is 0.374 e. The maximum absolute atomic E-state index is 13.0. The number of carbonyl (C=O) groups excluding carboxylic acids is 1. The maximum Gasteiger partial charge on any atom is 0.239 e. The van der Waals surface area contributed by atoms with Crippen LogP contribution >= 0.6 is 23.2 Å². The molecule has 0 aliphatic heterocycles. The van der Waals surface area contributed by atoms with Gasteiger partial charge in [-0.3, -0.25) is 4.79 Å². The average molecular weight is 305 g/mol. The van der Waals surface area contributed by atoms with Crippen LogP contribution in [0, 0.1) is 5.82 Å². The molecule has 1 fully saturated rings. The molecule has 2 N–H and O–H groups in total. The summed E-state index contributed by atoms with van der Waals surface area (Å²) in [6.07, 6.45) is 4.38. The van der Waals surface area contributed by atoms with Crippen molar-refractivity contribution in [3.8, 4) is 0 Å². The Bertz CT molecular complexity index is 453. The van der Waals surface area contributed by atoms with Crippen molar-refractivity contribution in [3.05, 3.63) is 28.0 Å². The Kier molecular flexibility index (Phi) is 4.88. The van der Waals surface area contributed by atoms with E-state index in [4.69, 9.17) is 23.2 Å². The van der Waals surface area contributed by atoms with Gasteiger partial charge in [0.2, 0.25) is 5.91 Å². The number of carbonyl (C=O) groups is 1. The summed E-state index contributed by atoms with van der Waals surface area (Å²) in [5.74, 6) is -0.612. The van der Waals surface area contributed by atoms with Crippen LogP contribution in [0.1, 0.15) is 25.7 Å². The summed E-state index contributed by atoms with van der Waals surface area (Å²) < 4.78 is 13.0. The normalized spacial score (nSPS) is 15.5. The fourth-order valence-corrected chi connectivity index (χ4v) is 2.82. The molecule has 1 saturated carbocycles. The zero-order valence-electron chi connectivity index (χ0n) is 10.3. The summed E-state index contributed by atoms with van der Waals surface area (Å²) >= 11 is 11.7. The molecule has 104 valence electrons. The second kappa shape index (κ2) is 6.44. The summed E-state index contributed by atoms with van der Waals surface area (Å²) in [6.45, 7) is 0.0710. The van der Waals surface area contributed by atoms with Gasteiger partial charge in [-0.2, -0.15) is 0 Å². The van der Waals surface area contributed by atoms with Crippen molar-refractivity contribution in [1.82, 2.24) is 5.32 Å². The van der Waals surface area contributed by atoms with Crippen LogP contribution in [0.25, 0.3) is 0 Å². The Morgan fingerprint density at radius 2 is 1.84 bits per heavy atom. The zero-order valence-corrected chi connectivity index (χ0v) is 11.8. The molecule has 2 rings (SSSR count). The standard InChI is InChI=1S/C13H15Cl2FN2O/c14-10-5-8(16)6-11(15)13(10)17-7-12(19)18-9-3-1-2-4-9/h5-6,9,17H,1-4,7H2,(H,18,19). The molecular formula is C13H15Cl2FN2O. The van der Waals surface area contributed by atoms with Gasteiger partial charge >= 0.3 is 0 Å². The fourth-order valence-electron chi connectivity index (χ4n) is 2.23. The van der Waals surface area contributed by atoms with Crippen molar-refractivity contribution in [2.45, 2.75) is 31.7 Å². The second-order valence-corrected chi connectivity index (χ2v) is 5.46. The van der Waals surface area contributed by atoms with Crippen LogP contribution < -0.4 is 10.6 Å². The second-order valence-electron chi connectivity index (χ2n) is 4.65. The molecule has 3 nitrogen and oxygen atoms in total. The lowest BCUT2D eigenvalue weighted by molar-refractivity contribution is -0.120. The van der Waals surface area contributed by atoms with Gasteiger partial charge in [-0.1, -0.05) is 36.0 Å². The first-order chi connectivity index (χ1) is 9.06. The van der Waals surface area contributed by atoms with E-state index in [-0.39, 0.29) is 28.5 Å². The van der Waals surface area contributed by atoms with E-state index in [2.05, 4.69) is 10.6 Å². The van der Waals surface area contributed by atoms with Crippen molar-refractivity contribution < 1.29 is 9.18 Å². The molecule has 1 amide bonds. The summed E-state index contributed by atoms with van der Waals surface area (Å²) in [7, 11) is 0. The Balaban J connectivity index is 1.89. The molecule has 6 heteroatoms. The van der Waals surface area contributed by atoms with Crippen molar-refractivity contribution >= 4 is 34.8 Å². The van der Waals surface area contributed by atoms with Crippen LogP contribution in [-0.4, -0.2) is 18.5 Å². The third-order valence-corrected chi connectivity index (χ3v) is 3.75. The molecule has 0 atom stereocenters. The van der Waals surface area contributed by atoms with Crippen LogP contribution in [0.2, 0.25) is 10.0 Å². The van der Waals surface area contributed by atoms with Gasteiger partial charge in [-0.05, 0) is 25.0 Å². The lowest BCUT2D eigenvalue weighted by Crippen LogP contribution is -2.36. The van der Waals surface area contributed by atoms with Crippen molar-refractivity contribution in [1.29, 1.82) is 0 Å².